The van der Waals surface area contributed by atoms with Crippen LogP contribution in [-0.2, 0) is 17.9 Å². The van der Waals surface area contributed by atoms with Gasteiger partial charge >= 0.3 is 0 Å². The summed E-state index contributed by atoms with van der Waals surface area (Å²) in [6.07, 6.45) is 0. The molecule has 0 saturated heterocycles. The predicted molar refractivity (Wildman–Crippen MR) is 85.8 cm³/mol. The third-order valence-electron chi connectivity index (χ3n) is 3.01. The van der Waals surface area contributed by atoms with Gasteiger partial charge in [-0.1, -0.05) is 41.9 Å². The lowest BCUT2D eigenvalue weighted by Gasteiger charge is -2.11. The quantitative estimate of drug-likeness (QED) is 0.755. The molecule has 0 unspecified atom stereocenters. The van der Waals surface area contributed by atoms with Crippen molar-refractivity contribution in [1.82, 2.24) is 5.32 Å². The molecule has 21 heavy (non-hydrogen) atoms. The highest BCUT2D eigenvalue weighted by atomic mass is 35.5. The van der Waals surface area contributed by atoms with Gasteiger partial charge in [-0.15, -0.1) is 0 Å². The first-order valence-electron chi connectivity index (χ1n) is 6.97. The van der Waals surface area contributed by atoms with Crippen molar-refractivity contribution in [1.29, 1.82) is 0 Å². The molecular formula is C17H20ClNO2. The molecule has 3 nitrogen and oxygen atoms in total. The molecule has 0 aliphatic rings. The highest BCUT2D eigenvalue weighted by Gasteiger charge is 2.01. The van der Waals surface area contributed by atoms with Crippen LogP contribution in [0.4, 0.5) is 0 Å². The zero-order valence-corrected chi connectivity index (χ0v) is 12.9. The molecule has 0 fully saturated rings. The fourth-order valence-corrected chi connectivity index (χ4v) is 2.09. The van der Waals surface area contributed by atoms with Crippen LogP contribution in [0.2, 0.25) is 5.02 Å². The molecule has 0 spiro atoms. The van der Waals surface area contributed by atoms with E-state index in [-0.39, 0.29) is 0 Å². The van der Waals surface area contributed by atoms with Crippen LogP contribution in [0.15, 0.2) is 48.5 Å². The van der Waals surface area contributed by atoms with Gasteiger partial charge in [-0.25, -0.2) is 0 Å². The molecule has 0 aromatic heterocycles. The number of rotatable bonds is 8. The SMILES string of the molecule is CNCc1ccccc1OCCOCc1ccc(Cl)cc1. The van der Waals surface area contributed by atoms with E-state index in [1.165, 1.54) is 0 Å². The Hall–Kier alpha value is -1.55. The van der Waals surface area contributed by atoms with Crippen LogP contribution in [0.25, 0.3) is 0 Å². The Bertz CT molecular complexity index is 543. The number of halogens is 1. The minimum atomic E-state index is 0.536. The maximum Gasteiger partial charge on any atom is 0.123 e. The minimum Gasteiger partial charge on any atom is -0.491 e. The smallest absolute Gasteiger partial charge is 0.123 e. The van der Waals surface area contributed by atoms with Crippen molar-refractivity contribution in [2.24, 2.45) is 0 Å². The zero-order valence-electron chi connectivity index (χ0n) is 12.1. The number of hydrogen-bond donors (Lipinski definition) is 1. The van der Waals surface area contributed by atoms with Crippen molar-refractivity contribution in [2.75, 3.05) is 20.3 Å². The molecule has 0 atom stereocenters. The average molecular weight is 306 g/mol. The molecule has 112 valence electrons. The van der Waals surface area contributed by atoms with E-state index >= 15 is 0 Å². The Morgan fingerprint density at radius 2 is 1.76 bits per heavy atom. The van der Waals surface area contributed by atoms with E-state index in [9.17, 15) is 0 Å². The molecule has 0 bridgehead atoms. The van der Waals surface area contributed by atoms with E-state index in [0.29, 0.717) is 19.8 Å². The first kappa shape index (κ1) is 15.8. The fourth-order valence-electron chi connectivity index (χ4n) is 1.96. The van der Waals surface area contributed by atoms with E-state index < -0.39 is 0 Å². The summed E-state index contributed by atoms with van der Waals surface area (Å²) in [6.45, 7) is 2.45. The zero-order chi connectivity index (χ0) is 14.9. The van der Waals surface area contributed by atoms with Gasteiger partial charge in [-0.05, 0) is 30.8 Å². The normalized spacial score (nSPS) is 10.6. The molecule has 2 aromatic carbocycles. The summed E-state index contributed by atoms with van der Waals surface area (Å²) in [5, 5.41) is 3.87. The van der Waals surface area contributed by atoms with Gasteiger partial charge < -0.3 is 14.8 Å². The lowest BCUT2D eigenvalue weighted by Crippen LogP contribution is -2.10. The molecule has 1 N–H and O–H groups in total. The van der Waals surface area contributed by atoms with Crippen molar-refractivity contribution >= 4 is 11.6 Å². The number of hydrogen-bond acceptors (Lipinski definition) is 3. The van der Waals surface area contributed by atoms with Crippen molar-refractivity contribution in [3.63, 3.8) is 0 Å². The lowest BCUT2D eigenvalue weighted by molar-refractivity contribution is 0.0886. The second kappa shape index (κ2) is 8.67. The minimum absolute atomic E-state index is 0.536. The van der Waals surface area contributed by atoms with Crippen molar-refractivity contribution < 1.29 is 9.47 Å². The molecule has 4 heteroatoms. The van der Waals surface area contributed by atoms with Gasteiger partial charge in [0.25, 0.3) is 0 Å². The highest BCUT2D eigenvalue weighted by molar-refractivity contribution is 6.30. The van der Waals surface area contributed by atoms with Crippen LogP contribution in [-0.4, -0.2) is 20.3 Å². The summed E-state index contributed by atoms with van der Waals surface area (Å²) in [4.78, 5) is 0. The first-order valence-corrected chi connectivity index (χ1v) is 7.35. The summed E-state index contributed by atoms with van der Waals surface area (Å²) < 4.78 is 11.4. The van der Waals surface area contributed by atoms with E-state index in [1.54, 1.807) is 0 Å². The Balaban J connectivity index is 1.71. The molecule has 0 radical (unpaired) electrons. The van der Waals surface area contributed by atoms with E-state index in [0.717, 1.165) is 28.4 Å². The third kappa shape index (κ3) is 5.38. The number of benzene rings is 2. The van der Waals surface area contributed by atoms with Gasteiger partial charge in [0.1, 0.15) is 12.4 Å². The van der Waals surface area contributed by atoms with E-state index in [2.05, 4.69) is 11.4 Å². The number of ether oxygens (including phenoxy) is 2. The molecule has 0 amide bonds. The molecule has 2 aromatic rings. The average Bonchev–Trinajstić information content (AvgIpc) is 2.51. The van der Waals surface area contributed by atoms with Crippen LogP contribution in [0.3, 0.4) is 0 Å². The van der Waals surface area contributed by atoms with Crippen LogP contribution >= 0.6 is 11.6 Å². The second-order valence-electron chi connectivity index (χ2n) is 4.67. The lowest BCUT2D eigenvalue weighted by atomic mass is 10.2. The maximum absolute atomic E-state index is 5.84. The van der Waals surface area contributed by atoms with Crippen LogP contribution < -0.4 is 10.1 Å². The van der Waals surface area contributed by atoms with Gasteiger partial charge in [0.2, 0.25) is 0 Å². The van der Waals surface area contributed by atoms with Crippen molar-refractivity contribution in [3.8, 4) is 5.75 Å². The molecule has 0 heterocycles. The Labute approximate surface area is 130 Å². The van der Waals surface area contributed by atoms with E-state index in [4.69, 9.17) is 21.1 Å². The van der Waals surface area contributed by atoms with Crippen LogP contribution in [0.5, 0.6) is 5.75 Å². The maximum atomic E-state index is 5.84. The molecule has 2 rings (SSSR count). The van der Waals surface area contributed by atoms with Crippen molar-refractivity contribution in [3.05, 3.63) is 64.7 Å². The molecule has 0 aliphatic carbocycles. The van der Waals surface area contributed by atoms with Gasteiger partial charge in [-0.2, -0.15) is 0 Å². The van der Waals surface area contributed by atoms with Gasteiger partial charge in [-0.3, -0.25) is 0 Å². The molecular weight excluding hydrogens is 286 g/mol. The van der Waals surface area contributed by atoms with Gasteiger partial charge in [0.05, 0.1) is 13.2 Å². The van der Waals surface area contributed by atoms with Crippen LogP contribution in [0, 0.1) is 0 Å². The van der Waals surface area contributed by atoms with Crippen LogP contribution in [0.1, 0.15) is 11.1 Å². The standard InChI is InChI=1S/C17H20ClNO2/c1-19-12-15-4-2-3-5-17(15)21-11-10-20-13-14-6-8-16(18)9-7-14/h2-9,19H,10-13H2,1H3. The summed E-state index contributed by atoms with van der Waals surface area (Å²) in [7, 11) is 1.92. The Morgan fingerprint density at radius 3 is 2.52 bits per heavy atom. The van der Waals surface area contributed by atoms with Gasteiger partial charge in [0, 0.05) is 17.1 Å². The Morgan fingerprint density at radius 1 is 1.00 bits per heavy atom. The molecule has 0 aliphatic heterocycles. The summed E-state index contributed by atoms with van der Waals surface area (Å²) in [6, 6.07) is 15.7. The monoisotopic (exact) mass is 305 g/mol. The second-order valence-corrected chi connectivity index (χ2v) is 5.10. The third-order valence-corrected chi connectivity index (χ3v) is 3.26. The van der Waals surface area contributed by atoms with Crippen molar-refractivity contribution in [2.45, 2.75) is 13.2 Å². The Kier molecular flexibility index (Phi) is 6.54. The number of nitrogens with one attached hydrogen (secondary N) is 1. The summed E-state index contributed by atoms with van der Waals surface area (Å²) >= 11 is 5.84. The summed E-state index contributed by atoms with van der Waals surface area (Å²) in [5.74, 6) is 0.905. The largest absolute Gasteiger partial charge is 0.491 e. The number of para-hydroxylation sites is 1. The topological polar surface area (TPSA) is 30.5 Å². The first-order chi connectivity index (χ1) is 10.3. The van der Waals surface area contributed by atoms with Gasteiger partial charge in [0.15, 0.2) is 0 Å². The fraction of sp³-hybridized carbons (Fsp3) is 0.294. The predicted octanol–water partition coefficient (Wildman–Crippen LogP) is 3.66. The highest BCUT2D eigenvalue weighted by Crippen LogP contribution is 2.17. The van der Waals surface area contributed by atoms with E-state index in [1.807, 2.05) is 49.5 Å². The summed E-state index contributed by atoms with van der Waals surface area (Å²) in [5.41, 5.74) is 2.26. The molecule has 0 saturated carbocycles.